The zero-order valence-corrected chi connectivity index (χ0v) is 11.8. The summed E-state index contributed by atoms with van der Waals surface area (Å²) in [6.07, 6.45) is 0. The van der Waals surface area contributed by atoms with Crippen molar-refractivity contribution in [2.45, 2.75) is 6.54 Å². The lowest BCUT2D eigenvalue weighted by Crippen LogP contribution is -2.01. The number of halogens is 3. The van der Waals surface area contributed by atoms with Crippen LogP contribution in [0.1, 0.15) is 14.5 Å². The minimum atomic E-state index is -0.995. The first-order valence-electron chi connectivity index (χ1n) is 5.18. The van der Waals surface area contributed by atoms with E-state index < -0.39 is 17.6 Å². The molecule has 3 nitrogen and oxygen atoms in total. The Morgan fingerprint density at radius 1 is 1.37 bits per heavy atom. The lowest BCUT2D eigenvalue weighted by Gasteiger charge is -2.08. The number of carboxylic acids is 1. The average molecular weight is 348 g/mol. The quantitative estimate of drug-likeness (QED) is 0.875. The van der Waals surface area contributed by atoms with E-state index in [1.54, 1.807) is 6.07 Å². The van der Waals surface area contributed by atoms with E-state index in [1.807, 2.05) is 0 Å². The van der Waals surface area contributed by atoms with E-state index >= 15 is 0 Å². The van der Waals surface area contributed by atoms with Gasteiger partial charge in [-0.1, -0.05) is 0 Å². The molecule has 0 radical (unpaired) electrons. The molecule has 0 aliphatic carbocycles. The van der Waals surface area contributed by atoms with Crippen molar-refractivity contribution in [2.24, 2.45) is 0 Å². The van der Waals surface area contributed by atoms with Crippen LogP contribution >= 0.6 is 27.3 Å². The van der Waals surface area contributed by atoms with E-state index in [0.29, 0.717) is 0 Å². The van der Waals surface area contributed by atoms with Gasteiger partial charge in [-0.05, 0) is 34.1 Å². The molecule has 0 amide bonds. The van der Waals surface area contributed by atoms with Crippen LogP contribution in [-0.2, 0) is 6.54 Å². The van der Waals surface area contributed by atoms with Crippen LogP contribution in [0.25, 0.3) is 0 Å². The van der Waals surface area contributed by atoms with Crippen molar-refractivity contribution < 1.29 is 18.7 Å². The fraction of sp³-hybridized carbons (Fsp3) is 0.0833. The molecule has 7 heteroatoms. The molecule has 1 heterocycles. The monoisotopic (exact) mass is 347 g/mol. The van der Waals surface area contributed by atoms with Gasteiger partial charge in [0.05, 0.1) is 5.69 Å². The third kappa shape index (κ3) is 3.30. The number of rotatable bonds is 4. The van der Waals surface area contributed by atoms with Crippen molar-refractivity contribution in [3.8, 4) is 0 Å². The molecule has 0 bridgehead atoms. The van der Waals surface area contributed by atoms with Crippen LogP contribution in [0.4, 0.5) is 14.5 Å². The molecule has 0 aliphatic rings. The van der Waals surface area contributed by atoms with Crippen LogP contribution in [-0.4, -0.2) is 11.1 Å². The van der Waals surface area contributed by atoms with Crippen LogP contribution in [0, 0.1) is 11.6 Å². The number of aromatic carboxylic acids is 1. The van der Waals surface area contributed by atoms with Crippen molar-refractivity contribution in [1.82, 2.24) is 0 Å². The van der Waals surface area contributed by atoms with Crippen molar-refractivity contribution >= 4 is 38.9 Å². The molecule has 0 atom stereocenters. The van der Waals surface area contributed by atoms with E-state index in [9.17, 15) is 13.6 Å². The Bertz CT molecular complexity index is 607. The maximum Gasteiger partial charge on any atom is 0.345 e. The summed E-state index contributed by atoms with van der Waals surface area (Å²) >= 11 is 4.17. The topological polar surface area (TPSA) is 49.3 Å². The van der Waals surface area contributed by atoms with Gasteiger partial charge >= 0.3 is 5.97 Å². The Balaban J connectivity index is 2.12. The zero-order valence-electron chi connectivity index (χ0n) is 9.41. The Kier molecular flexibility index (Phi) is 4.16. The number of benzene rings is 1. The standard InChI is InChI=1S/C12H8BrF2NO2S/c13-8-3-6(14)4-9(15)11(8)16-5-7-1-2-10(19-7)12(17)18/h1-4,16H,5H2,(H,17,18). The van der Waals surface area contributed by atoms with Gasteiger partial charge in [-0.2, -0.15) is 0 Å². The van der Waals surface area contributed by atoms with Gasteiger partial charge in [0.25, 0.3) is 0 Å². The minimum absolute atomic E-state index is 0.145. The van der Waals surface area contributed by atoms with Gasteiger partial charge in [0.1, 0.15) is 16.5 Å². The first-order chi connectivity index (χ1) is 8.97. The molecular weight excluding hydrogens is 340 g/mol. The molecule has 2 N–H and O–H groups in total. The molecule has 100 valence electrons. The van der Waals surface area contributed by atoms with Gasteiger partial charge < -0.3 is 10.4 Å². The SMILES string of the molecule is O=C(O)c1ccc(CNc2c(F)cc(F)cc2Br)s1. The van der Waals surface area contributed by atoms with Gasteiger partial charge in [0.15, 0.2) is 0 Å². The molecule has 2 aromatic rings. The molecule has 0 unspecified atom stereocenters. The third-order valence-corrected chi connectivity index (χ3v) is 4.02. The van der Waals surface area contributed by atoms with Crippen LogP contribution in [0.3, 0.4) is 0 Å². The lowest BCUT2D eigenvalue weighted by atomic mass is 10.3. The summed E-state index contributed by atoms with van der Waals surface area (Å²) in [5.41, 5.74) is 0.145. The number of thiophene rings is 1. The van der Waals surface area contributed by atoms with Crippen molar-refractivity contribution in [3.05, 3.63) is 50.1 Å². The number of carbonyl (C=O) groups is 1. The molecule has 19 heavy (non-hydrogen) atoms. The number of carboxylic acid groups (broad SMARTS) is 1. The maximum absolute atomic E-state index is 13.5. The highest BCUT2D eigenvalue weighted by atomic mass is 79.9. The summed E-state index contributed by atoms with van der Waals surface area (Å²) in [6.45, 7) is 0.263. The van der Waals surface area contributed by atoms with Crippen molar-refractivity contribution in [3.63, 3.8) is 0 Å². The number of hydrogen-bond acceptors (Lipinski definition) is 3. The maximum atomic E-state index is 13.5. The largest absolute Gasteiger partial charge is 0.477 e. The van der Waals surface area contributed by atoms with Crippen molar-refractivity contribution in [2.75, 3.05) is 5.32 Å². The average Bonchev–Trinajstić information content (AvgIpc) is 2.76. The summed E-state index contributed by atoms with van der Waals surface area (Å²) in [5.74, 6) is -2.37. The Morgan fingerprint density at radius 2 is 2.11 bits per heavy atom. The molecule has 0 saturated heterocycles. The molecule has 1 aromatic heterocycles. The fourth-order valence-electron chi connectivity index (χ4n) is 1.47. The van der Waals surface area contributed by atoms with Gasteiger partial charge in [0, 0.05) is 22.0 Å². The summed E-state index contributed by atoms with van der Waals surface area (Å²) in [4.78, 5) is 11.7. The number of hydrogen-bond donors (Lipinski definition) is 2. The third-order valence-electron chi connectivity index (χ3n) is 2.32. The van der Waals surface area contributed by atoms with Crippen LogP contribution < -0.4 is 5.32 Å². The Morgan fingerprint density at radius 3 is 2.68 bits per heavy atom. The van der Waals surface area contributed by atoms with Crippen LogP contribution in [0.2, 0.25) is 0 Å². The van der Waals surface area contributed by atoms with Gasteiger partial charge in [0.2, 0.25) is 0 Å². The second-order valence-corrected chi connectivity index (χ2v) is 5.69. The van der Waals surface area contributed by atoms with Crippen LogP contribution in [0.15, 0.2) is 28.7 Å². The molecule has 2 rings (SSSR count). The number of anilines is 1. The first kappa shape index (κ1) is 14.0. The lowest BCUT2D eigenvalue weighted by molar-refractivity contribution is 0.0702. The molecule has 0 saturated carbocycles. The van der Waals surface area contributed by atoms with Gasteiger partial charge in [-0.25, -0.2) is 13.6 Å². The molecular formula is C12H8BrF2NO2S. The van der Waals surface area contributed by atoms with Gasteiger partial charge in [-0.15, -0.1) is 11.3 Å². The Labute approximate surface area is 120 Å². The predicted octanol–water partition coefficient (Wildman–Crippen LogP) is 4.10. The minimum Gasteiger partial charge on any atom is -0.477 e. The highest BCUT2D eigenvalue weighted by Gasteiger charge is 2.11. The zero-order chi connectivity index (χ0) is 14.0. The van der Waals surface area contributed by atoms with Crippen molar-refractivity contribution in [1.29, 1.82) is 0 Å². The summed E-state index contributed by atoms with van der Waals surface area (Å²) < 4.78 is 26.7. The predicted molar refractivity (Wildman–Crippen MR) is 72.7 cm³/mol. The highest BCUT2D eigenvalue weighted by Crippen LogP contribution is 2.28. The van der Waals surface area contributed by atoms with E-state index in [0.717, 1.165) is 28.3 Å². The number of nitrogens with one attached hydrogen (secondary N) is 1. The van der Waals surface area contributed by atoms with E-state index in [2.05, 4.69) is 21.2 Å². The van der Waals surface area contributed by atoms with E-state index in [4.69, 9.17) is 5.11 Å². The first-order valence-corrected chi connectivity index (χ1v) is 6.78. The highest BCUT2D eigenvalue weighted by molar-refractivity contribution is 9.10. The Hall–Kier alpha value is -1.47. The normalized spacial score (nSPS) is 10.5. The van der Waals surface area contributed by atoms with E-state index in [1.165, 1.54) is 6.07 Å². The van der Waals surface area contributed by atoms with Crippen LogP contribution in [0.5, 0.6) is 0 Å². The summed E-state index contributed by atoms with van der Waals surface area (Å²) in [7, 11) is 0. The second kappa shape index (κ2) is 5.66. The molecule has 0 spiro atoms. The summed E-state index contributed by atoms with van der Waals surface area (Å²) in [6, 6.07) is 5.07. The molecule has 0 fully saturated rings. The van der Waals surface area contributed by atoms with Gasteiger partial charge in [-0.3, -0.25) is 0 Å². The molecule has 0 aliphatic heterocycles. The fourth-order valence-corrected chi connectivity index (χ4v) is 2.81. The smallest absolute Gasteiger partial charge is 0.345 e. The summed E-state index contributed by atoms with van der Waals surface area (Å²) in [5, 5.41) is 11.6. The van der Waals surface area contributed by atoms with E-state index in [-0.39, 0.29) is 21.6 Å². The molecule has 1 aromatic carbocycles. The second-order valence-electron chi connectivity index (χ2n) is 3.67.